The van der Waals surface area contributed by atoms with Gasteiger partial charge in [0.2, 0.25) is 5.91 Å². The molecule has 1 amide bonds. The highest BCUT2D eigenvalue weighted by molar-refractivity contribution is 5.85. The van der Waals surface area contributed by atoms with E-state index in [2.05, 4.69) is 0 Å². The zero-order valence-corrected chi connectivity index (χ0v) is 10.6. The fourth-order valence-electron chi connectivity index (χ4n) is 3.03. The van der Waals surface area contributed by atoms with Crippen LogP contribution in [-0.2, 0) is 9.59 Å². The monoisotopic (exact) mass is 239 g/mol. The van der Waals surface area contributed by atoms with E-state index in [0.29, 0.717) is 24.9 Å². The summed E-state index contributed by atoms with van der Waals surface area (Å²) in [6, 6.07) is 0.387. The van der Waals surface area contributed by atoms with Crippen LogP contribution in [0.1, 0.15) is 39.5 Å². The molecule has 0 aromatic heterocycles. The van der Waals surface area contributed by atoms with Gasteiger partial charge >= 0.3 is 5.97 Å². The van der Waals surface area contributed by atoms with E-state index >= 15 is 0 Å². The topological polar surface area (TPSA) is 57.6 Å². The van der Waals surface area contributed by atoms with E-state index in [1.807, 2.05) is 18.7 Å². The first-order valence-corrected chi connectivity index (χ1v) is 6.57. The summed E-state index contributed by atoms with van der Waals surface area (Å²) in [5.41, 5.74) is 0. The molecule has 0 spiro atoms. The summed E-state index contributed by atoms with van der Waals surface area (Å²) in [6.45, 7) is 4.72. The molecule has 0 radical (unpaired) electrons. The minimum Gasteiger partial charge on any atom is -0.481 e. The summed E-state index contributed by atoms with van der Waals surface area (Å²) in [6.07, 6.45) is 3.55. The maximum Gasteiger partial charge on any atom is 0.307 e. The molecule has 1 N–H and O–H groups in total. The number of hydrogen-bond donors (Lipinski definition) is 1. The van der Waals surface area contributed by atoms with Crippen molar-refractivity contribution in [1.82, 2.24) is 4.90 Å². The third kappa shape index (κ3) is 2.45. The molecule has 0 aromatic carbocycles. The summed E-state index contributed by atoms with van der Waals surface area (Å²) >= 11 is 0. The van der Waals surface area contributed by atoms with Gasteiger partial charge in [0, 0.05) is 12.6 Å². The van der Waals surface area contributed by atoms with E-state index in [1.54, 1.807) is 0 Å². The van der Waals surface area contributed by atoms with Crippen molar-refractivity contribution >= 4 is 11.9 Å². The summed E-state index contributed by atoms with van der Waals surface area (Å²) in [7, 11) is 0. The second kappa shape index (κ2) is 4.67. The normalized spacial score (nSPS) is 32.5. The number of rotatable bonds is 4. The first-order valence-electron chi connectivity index (χ1n) is 6.57. The number of nitrogens with zero attached hydrogens (tertiary/aromatic N) is 1. The summed E-state index contributed by atoms with van der Waals surface area (Å²) in [5, 5.41) is 9.19. The second-order valence-corrected chi connectivity index (χ2v) is 5.48. The Morgan fingerprint density at radius 3 is 2.29 bits per heavy atom. The summed E-state index contributed by atoms with van der Waals surface area (Å²) in [4.78, 5) is 25.5. The van der Waals surface area contributed by atoms with Crippen molar-refractivity contribution in [2.75, 3.05) is 6.54 Å². The van der Waals surface area contributed by atoms with Crippen molar-refractivity contribution in [1.29, 1.82) is 0 Å². The maximum atomic E-state index is 12.4. The molecule has 2 aliphatic carbocycles. The van der Waals surface area contributed by atoms with Crippen LogP contribution in [0.3, 0.4) is 0 Å². The lowest BCUT2D eigenvalue weighted by molar-refractivity contribution is -0.149. The standard InChI is InChI=1S/C13H21NO3/c1-3-14(9-4-5-9)12(15)10-6-8(2)7-11(10)13(16)17/h8-11H,3-7H2,1-2H3,(H,16,17). The maximum absolute atomic E-state index is 12.4. The van der Waals surface area contributed by atoms with Crippen LogP contribution in [0.25, 0.3) is 0 Å². The molecule has 2 fully saturated rings. The fraction of sp³-hybridized carbons (Fsp3) is 0.846. The highest BCUT2D eigenvalue weighted by Gasteiger charge is 2.44. The van der Waals surface area contributed by atoms with Gasteiger partial charge in [0.25, 0.3) is 0 Å². The summed E-state index contributed by atoms with van der Waals surface area (Å²) in [5.74, 6) is -1.14. The molecular weight excluding hydrogens is 218 g/mol. The molecule has 0 heterocycles. The van der Waals surface area contributed by atoms with Gasteiger partial charge in [0.1, 0.15) is 0 Å². The predicted molar refractivity (Wildman–Crippen MR) is 63.4 cm³/mol. The quantitative estimate of drug-likeness (QED) is 0.813. The average Bonchev–Trinajstić information content (AvgIpc) is 3.01. The molecule has 96 valence electrons. The zero-order chi connectivity index (χ0) is 12.6. The van der Waals surface area contributed by atoms with Gasteiger partial charge in [0.05, 0.1) is 11.8 Å². The van der Waals surface area contributed by atoms with Gasteiger partial charge in [-0.05, 0) is 38.5 Å². The van der Waals surface area contributed by atoms with Gasteiger partial charge in [-0.15, -0.1) is 0 Å². The average molecular weight is 239 g/mol. The minimum atomic E-state index is -0.806. The molecule has 3 unspecified atom stereocenters. The molecule has 4 nitrogen and oxygen atoms in total. The molecular formula is C13H21NO3. The van der Waals surface area contributed by atoms with Gasteiger partial charge in [-0.3, -0.25) is 9.59 Å². The highest BCUT2D eigenvalue weighted by Crippen LogP contribution is 2.39. The predicted octanol–water partition coefficient (Wildman–Crippen LogP) is 1.74. The number of hydrogen-bond acceptors (Lipinski definition) is 2. The number of carbonyl (C=O) groups excluding carboxylic acids is 1. The van der Waals surface area contributed by atoms with Crippen molar-refractivity contribution in [2.45, 2.75) is 45.6 Å². The molecule has 2 aliphatic rings. The molecule has 0 bridgehead atoms. The Morgan fingerprint density at radius 1 is 1.24 bits per heavy atom. The Hall–Kier alpha value is -1.06. The number of carboxylic acid groups (broad SMARTS) is 1. The highest BCUT2D eigenvalue weighted by atomic mass is 16.4. The van der Waals surface area contributed by atoms with Crippen LogP contribution in [0, 0.1) is 17.8 Å². The van der Waals surface area contributed by atoms with E-state index in [9.17, 15) is 14.7 Å². The Kier molecular flexibility index (Phi) is 3.40. The Balaban J connectivity index is 2.08. The molecule has 0 saturated heterocycles. The zero-order valence-electron chi connectivity index (χ0n) is 10.6. The Bertz CT molecular complexity index is 325. The first kappa shape index (κ1) is 12.4. The lowest BCUT2D eigenvalue weighted by Gasteiger charge is -2.26. The second-order valence-electron chi connectivity index (χ2n) is 5.48. The van der Waals surface area contributed by atoms with E-state index in [0.717, 1.165) is 19.3 Å². The lowest BCUT2D eigenvalue weighted by Crippen LogP contribution is -2.40. The molecule has 3 atom stereocenters. The van der Waals surface area contributed by atoms with Crippen LogP contribution in [-0.4, -0.2) is 34.5 Å². The third-order valence-electron chi connectivity index (χ3n) is 4.04. The van der Waals surface area contributed by atoms with Crippen LogP contribution < -0.4 is 0 Å². The Morgan fingerprint density at radius 2 is 1.82 bits per heavy atom. The van der Waals surface area contributed by atoms with Crippen LogP contribution in [0.2, 0.25) is 0 Å². The van der Waals surface area contributed by atoms with Crippen molar-refractivity contribution in [3.63, 3.8) is 0 Å². The molecule has 2 rings (SSSR count). The fourth-order valence-corrected chi connectivity index (χ4v) is 3.03. The van der Waals surface area contributed by atoms with Crippen LogP contribution in [0.5, 0.6) is 0 Å². The van der Waals surface area contributed by atoms with Crippen LogP contribution in [0.15, 0.2) is 0 Å². The molecule has 0 aliphatic heterocycles. The van der Waals surface area contributed by atoms with Crippen molar-refractivity contribution < 1.29 is 14.7 Å². The van der Waals surface area contributed by atoms with Gasteiger partial charge < -0.3 is 10.0 Å². The van der Waals surface area contributed by atoms with Gasteiger partial charge in [-0.2, -0.15) is 0 Å². The van der Waals surface area contributed by atoms with E-state index < -0.39 is 11.9 Å². The largest absolute Gasteiger partial charge is 0.481 e. The number of carbonyl (C=O) groups is 2. The summed E-state index contributed by atoms with van der Waals surface area (Å²) < 4.78 is 0. The van der Waals surface area contributed by atoms with Gasteiger partial charge in [-0.1, -0.05) is 6.92 Å². The van der Waals surface area contributed by atoms with E-state index in [1.165, 1.54) is 0 Å². The minimum absolute atomic E-state index is 0.0757. The molecule has 0 aromatic rings. The smallest absolute Gasteiger partial charge is 0.307 e. The number of carboxylic acids is 1. The number of aliphatic carboxylic acids is 1. The Labute approximate surface area is 102 Å². The molecule has 4 heteroatoms. The molecule has 2 saturated carbocycles. The first-order chi connectivity index (χ1) is 8.04. The third-order valence-corrected chi connectivity index (χ3v) is 4.04. The van der Waals surface area contributed by atoms with Crippen molar-refractivity contribution in [2.24, 2.45) is 17.8 Å². The van der Waals surface area contributed by atoms with Crippen molar-refractivity contribution in [3.05, 3.63) is 0 Å². The van der Waals surface area contributed by atoms with Gasteiger partial charge in [-0.25, -0.2) is 0 Å². The lowest BCUT2D eigenvalue weighted by atomic mass is 9.94. The van der Waals surface area contributed by atoms with Gasteiger partial charge in [0.15, 0.2) is 0 Å². The van der Waals surface area contributed by atoms with Crippen LogP contribution in [0.4, 0.5) is 0 Å². The SMILES string of the molecule is CCN(C(=O)C1CC(C)CC1C(=O)O)C1CC1. The number of amides is 1. The molecule has 17 heavy (non-hydrogen) atoms. The van der Waals surface area contributed by atoms with E-state index in [4.69, 9.17) is 0 Å². The van der Waals surface area contributed by atoms with Crippen molar-refractivity contribution in [3.8, 4) is 0 Å². The van der Waals surface area contributed by atoms with Crippen LogP contribution >= 0.6 is 0 Å². The van der Waals surface area contributed by atoms with E-state index in [-0.39, 0.29) is 11.8 Å².